The van der Waals surface area contributed by atoms with Crippen molar-refractivity contribution in [3.63, 3.8) is 0 Å². The summed E-state index contributed by atoms with van der Waals surface area (Å²) in [6.07, 6.45) is 2.17. The standard InChI is InChI=1S/C8H14O3.C3H7O2/c1-2-3-4-5-7(9)6-8(10)11;1-3(5)2-4/h2-6H2,1H3,(H,10,11);3-4H,2H2,1H3/q;-1. The van der Waals surface area contributed by atoms with E-state index >= 15 is 0 Å². The Morgan fingerprint density at radius 1 is 1.31 bits per heavy atom. The molecule has 0 amide bonds. The van der Waals surface area contributed by atoms with Gasteiger partial charge in [0.15, 0.2) is 0 Å². The number of aliphatic carboxylic acids is 1. The topological polar surface area (TPSA) is 97.7 Å². The molecular formula is C11H21O5-. The molecule has 0 aliphatic rings. The lowest BCUT2D eigenvalue weighted by atomic mass is 10.1. The number of carboxylic acids is 1. The summed E-state index contributed by atoms with van der Waals surface area (Å²) in [5.41, 5.74) is 0. The first-order valence-electron chi connectivity index (χ1n) is 5.44. The first kappa shape index (κ1) is 17.5. The van der Waals surface area contributed by atoms with Gasteiger partial charge in [-0.1, -0.05) is 26.7 Å². The quantitative estimate of drug-likeness (QED) is 0.488. The van der Waals surface area contributed by atoms with Gasteiger partial charge in [0.25, 0.3) is 0 Å². The van der Waals surface area contributed by atoms with Gasteiger partial charge in [-0.25, -0.2) is 0 Å². The highest BCUT2D eigenvalue weighted by molar-refractivity contribution is 5.94. The van der Waals surface area contributed by atoms with Crippen LogP contribution < -0.4 is 5.11 Å². The van der Waals surface area contributed by atoms with E-state index in [4.69, 9.17) is 10.2 Å². The van der Waals surface area contributed by atoms with Gasteiger partial charge in [-0.15, -0.1) is 6.10 Å². The minimum Gasteiger partial charge on any atom is -0.851 e. The monoisotopic (exact) mass is 233 g/mol. The molecule has 2 N–H and O–H groups in total. The van der Waals surface area contributed by atoms with E-state index in [0.717, 1.165) is 19.3 Å². The molecule has 5 nitrogen and oxygen atoms in total. The van der Waals surface area contributed by atoms with Crippen molar-refractivity contribution in [1.29, 1.82) is 0 Å². The summed E-state index contributed by atoms with van der Waals surface area (Å²) in [7, 11) is 0. The van der Waals surface area contributed by atoms with Crippen molar-refractivity contribution in [2.24, 2.45) is 0 Å². The third-order valence-electron chi connectivity index (χ3n) is 1.66. The van der Waals surface area contributed by atoms with Crippen LogP contribution in [0, 0.1) is 0 Å². The zero-order valence-corrected chi connectivity index (χ0v) is 9.94. The molecule has 1 atom stereocenters. The van der Waals surface area contributed by atoms with E-state index in [-0.39, 0.29) is 18.8 Å². The van der Waals surface area contributed by atoms with Crippen LogP contribution in [0.1, 0.15) is 46.0 Å². The first-order valence-corrected chi connectivity index (χ1v) is 5.44. The lowest BCUT2D eigenvalue weighted by molar-refractivity contribution is -0.419. The number of carbonyl (C=O) groups excluding carboxylic acids is 1. The summed E-state index contributed by atoms with van der Waals surface area (Å²) in [5, 5.41) is 25.7. The highest BCUT2D eigenvalue weighted by atomic mass is 16.4. The van der Waals surface area contributed by atoms with Gasteiger partial charge in [0.2, 0.25) is 0 Å². The zero-order valence-electron chi connectivity index (χ0n) is 9.94. The molecular weight excluding hydrogens is 212 g/mol. The van der Waals surface area contributed by atoms with Gasteiger partial charge in [0.1, 0.15) is 12.2 Å². The van der Waals surface area contributed by atoms with E-state index < -0.39 is 12.1 Å². The Kier molecular flexibility index (Phi) is 13.2. The van der Waals surface area contributed by atoms with E-state index in [1.54, 1.807) is 0 Å². The second kappa shape index (κ2) is 12.1. The number of ketones is 1. The van der Waals surface area contributed by atoms with Gasteiger partial charge >= 0.3 is 5.97 Å². The highest BCUT2D eigenvalue weighted by Gasteiger charge is 2.05. The lowest BCUT2D eigenvalue weighted by Gasteiger charge is -2.08. The van der Waals surface area contributed by atoms with Crippen molar-refractivity contribution in [3.05, 3.63) is 0 Å². The van der Waals surface area contributed by atoms with E-state index in [1.807, 2.05) is 6.92 Å². The number of Topliss-reactive ketones (excluding diaryl/α,β-unsaturated/α-hetero) is 1. The smallest absolute Gasteiger partial charge is 0.310 e. The van der Waals surface area contributed by atoms with Crippen molar-refractivity contribution < 1.29 is 24.9 Å². The van der Waals surface area contributed by atoms with Gasteiger partial charge < -0.3 is 15.3 Å². The van der Waals surface area contributed by atoms with Crippen LogP contribution in [0.5, 0.6) is 0 Å². The summed E-state index contributed by atoms with van der Waals surface area (Å²) in [6.45, 7) is 3.21. The number of carboxylic acid groups (broad SMARTS) is 1. The molecule has 1 unspecified atom stereocenters. The van der Waals surface area contributed by atoms with Crippen LogP contribution >= 0.6 is 0 Å². The summed E-state index contributed by atoms with van der Waals surface area (Å²) in [6, 6.07) is 0. The van der Waals surface area contributed by atoms with Crippen molar-refractivity contribution in [2.75, 3.05) is 6.61 Å². The zero-order chi connectivity index (χ0) is 13.0. The number of aliphatic hydroxyl groups excluding tert-OH is 1. The van der Waals surface area contributed by atoms with Crippen LogP contribution in [0.2, 0.25) is 0 Å². The first-order chi connectivity index (χ1) is 7.43. The molecule has 0 aromatic carbocycles. The van der Waals surface area contributed by atoms with Gasteiger partial charge in [-0.3, -0.25) is 9.59 Å². The van der Waals surface area contributed by atoms with Gasteiger partial charge in [-0.2, -0.15) is 0 Å². The van der Waals surface area contributed by atoms with E-state index in [2.05, 4.69) is 0 Å². The molecule has 0 spiro atoms. The van der Waals surface area contributed by atoms with Crippen molar-refractivity contribution in [1.82, 2.24) is 0 Å². The molecule has 0 bridgehead atoms. The fourth-order valence-electron chi connectivity index (χ4n) is 0.829. The number of carbonyl (C=O) groups is 2. The van der Waals surface area contributed by atoms with Crippen molar-refractivity contribution in [3.8, 4) is 0 Å². The molecule has 0 saturated heterocycles. The molecule has 0 rings (SSSR count). The molecule has 0 aliphatic heterocycles. The summed E-state index contributed by atoms with van der Waals surface area (Å²) < 4.78 is 0. The highest BCUT2D eigenvalue weighted by Crippen LogP contribution is 2.01. The number of rotatable bonds is 7. The maximum absolute atomic E-state index is 10.7. The van der Waals surface area contributed by atoms with Gasteiger partial charge in [0.05, 0.1) is 0 Å². The predicted octanol–water partition coefficient (Wildman–Crippen LogP) is 0.338. The Morgan fingerprint density at radius 2 is 1.81 bits per heavy atom. The molecule has 0 heterocycles. The Labute approximate surface area is 96.1 Å². The molecule has 16 heavy (non-hydrogen) atoms. The molecule has 0 fully saturated rings. The van der Waals surface area contributed by atoms with E-state index in [0.29, 0.717) is 6.42 Å². The second-order valence-electron chi connectivity index (χ2n) is 3.56. The normalized spacial score (nSPS) is 11.2. The third kappa shape index (κ3) is 18.8. The largest absolute Gasteiger partial charge is 0.851 e. The number of hydrogen-bond donors (Lipinski definition) is 2. The van der Waals surface area contributed by atoms with Crippen molar-refractivity contribution in [2.45, 2.75) is 52.1 Å². The molecule has 0 aromatic rings. The van der Waals surface area contributed by atoms with E-state index in [1.165, 1.54) is 6.92 Å². The van der Waals surface area contributed by atoms with Crippen LogP contribution in [0.3, 0.4) is 0 Å². The van der Waals surface area contributed by atoms with Crippen molar-refractivity contribution >= 4 is 11.8 Å². The minimum atomic E-state index is -1.02. The Bertz CT molecular complexity index is 189. The minimum absolute atomic E-state index is 0.161. The van der Waals surface area contributed by atoms with Crippen LogP contribution in [0.15, 0.2) is 0 Å². The average molecular weight is 233 g/mol. The molecule has 0 radical (unpaired) electrons. The van der Waals surface area contributed by atoms with Crippen LogP contribution in [0.4, 0.5) is 0 Å². The molecule has 0 aromatic heterocycles. The van der Waals surface area contributed by atoms with E-state index in [9.17, 15) is 14.7 Å². The Morgan fingerprint density at radius 3 is 2.12 bits per heavy atom. The molecule has 0 saturated carbocycles. The fourth-order valence-corrected chi connectivity index (χ4v) is 0.829. The Hall–Kier alpha value is -0.940. The fraction of sp³-hybridized carbons (Fsp3) is 0.818. The summed E-state index contributed by atoms with van der Waals surface area (Å²) in [5.74, 6) is -1.18. The molecule has 96 valence electrons. The molecule has 5 heteroatoms. The average Bonchev–Trinajstić information content (AvgIpc) is 2.18. The maximum atomic E-state index is 10.7. The Balaban J connectivity index is 0. The number of hydrogen-bond acceptors (Lipinski definition) is 4. The van der Waals surface area contributed by atoms with Gasteiger partial charge in [-0.05, 0) is 6.42 Å². The van der Waals surface area contributed by atoms with Gasteiger partial charge in [0, 0.05) is 13.0 Å². The van der Waals surface area contributed by atoms with Crippen LogP contribution in [-0.4, -0.2) is 34.7 Å². The predicted molar refractivity (Wildman–Crippen MR) is 57.9 cm³/mol. The number of unbranched alkanes of at least 4 members (excludes halogenated alkanes) is 2. The summed E-state index contributed by atoms with van der Waals surface area (Å²) >= 11 is 0. The lowest BCUT2D eigenvalue weighted by Crippen LogP contribution is -2.24. The third-order valence-corrected chi connectivity index (χ3v) is 1.66. The number of aliphatic hydroxyl groups is 1. The SMILES string of the molecule is CC([O-])CO.CCCCCC(=O)CC(=O)O. The summed E-state index contributed by atoms with van der Waals surface area (Å²) in [4.78, 5) is 20.8. The van der Waals surface area contributed by atoms with Crippen LogP contribution in [0.25, 0.3) is 0 Å². The molecule has 0 aliphatic carbocycles. The maximum Gasteiger partial charge on any atom is 0.310 e. The second-order valence-corrected chi connectivity index (χ2v) is 3.56. The van der Waals surface area contributed by atoms with Crippen LogP contribution in [-0.2, 0) is 9.59 Å².